The van der Waals surface area contributed by atoms with Crippen LogP contribution in [0.2, 0.25) is 0 Å². The molecule has 9 nitrogen and oxygen atoms in total. The molecular formula is C23H21N3O6S. The minimum atomic E-state index is -3.42. The van der Waals surface area contributed by atoms with Gasteiger partial charge in [0.15, 0.2) is 0 Å². The average molecular weight is 468 g/mol. The molecule has 0 radical (unpaired) electrons. The van der Waals surface area contributed by atoms with E-state index in [0.29, 0.717) is 22.6 Å². The number of para-hydroxylation sites is 2. The number of ether oxygens (including phenoxy) is 1. The highest BCUT2D eigenvalue weighted by Crippen LogP contribution is 2.24. The van der Waals surface area contributed by atoms with Crippen molar-refractivity contribution in [1.29, 1.82) is 0 Å². The number of anilines is 3. The zero-order valence-corrected chi connectivity index (χ0v) is 18.6. The molecule has 3 N–H and O–H groups in total. The van der Waals surface area contributed by atoms with Gasteiger partial charge in [0.05, 0.1) is 17.6 Å². The van der Waals surface area contributed by atoms with Crippen molar-refractivity contribution in [3.05, 3.63) is 83.9 Å². The first-order valence-corrected chi connectivity index (χ1v) is 11.6. The van der Waals surface area contributed by atoms with E-state index in [1.807, 2.05) is 0 Å². The van der Waals surface area contributed by atoms with Gasteiger partial charge in [0.2, 0.25) is 10.0 Å². The average Bonchev–Trinajstić information content (AvgIpc) is 2.74. The highest BCUT2D eigenvalue weighted by molar-refractivity contribution is 7.92. The highest BCUT2D eigenvalue weighted by Gasteiger charge is 2.13. The van der Waals surface area contributed by atoms with Crippen molar-refractivity contribution in [1.82, 2.24) is 0 Å². The van der Waals surface area contributed by atoms with Gasteiger partial charge in [0.1, 0.15) is 5.75 Å². The molecule has 0 aromatic heterocycles. The van der Waals surface area contributed by atoms with Gasteiger partial charge in [0.25, 0.3) is 11.8 Å². The lowest BCUT2D eigenvalue weighted by molar-refractivity contribution is -0.131. The molecule has 0 atom stereocenters. The molecule has 10 heteroatoms. The van der Waals surface area contributed by atoms with Crippen molar-refractivity contribution in [3.63, 3.8) is 0 Å². The number of nitrogens with one attached hydrogen (secondary N) is 3. The largest absolute Gasteiger partial charge is 0.427 e. The van der Waals surface area contributed by atoms with Gasteiger partial charge in [0, 0.05) is 23.7 Å². The number of amides is 2. The van der Waals surface area contributed by atoms with Crippen LogP contribution in [0.1, 0.15) is 27.6 Å². The molecule has 0 heterocycles. The van der Waals surface area contributed by atoms with Crippen LogP contribution in [0.5, 0.6) is 5.75 Å². The molecule has 0 saturated heterocycles. The number of hydrogen-bond donors (Lipinski definition) is 3. The molecule has 3 rings (SSSR count). The van der Waals surface area contributed by atoms with Gasteiger partial charge in [-0.1, -0.05) is 18.2 Å². The van der Waals surface area contributed by atoms with E-state index in [0.717, 1.165) is 6.26 Å². The van der Waals surface area contributed by atoms with Gasteiger partial charge < -0.3 is 15.4 Å². The molecule has 33 heavy (non-hydrogen) atoms. The van der Waals surface area contributed by atoms with Gasteiger partial charge in [-0.25, -0.2) is 8.42 Å². The molecule has 0 saturated carbocycles. The fourth-order valence-corrected chi connectivity index (χ4v) is 3.42. The summed E-state index contributed by atoms with van der Waals surface area (Å²) in [5, 5.41) is 5.46. The van der Waals surface area contributed by atoms with Crippen molar-refractivity contribution < 1.29 is 27.5 Å². The van der Waals surface area contributed by atoms with E-state index in [1.54, 1.807) is 42.5 Å². The van der Waals surface area contributed by atoms with Crippen LogP contribution >= 0.6 is 0 Å². The SMILES string of the molecule is CC(=O)Oc1cccc(C(=O)Nc2ccccc2NC(=O)c2ccc(NS(C)(=O)=O)cc2)c1. The molecule has 0 aliphatic heterocycles. The van der Waals surface area contributed by atoms with Crippen LogP contribution in [0.25, 0.3) is 0 Å². The summed E-state index contributed by atoms with van der Waals surface area (Å²) < 4.78 is 29.9. The molecule has 0 fully saturated rings. The molecule has 0 aliphatic rings. The van der Waals surface area contributed by atoms with Crippen LogP contribution in [0.3, 0.4) is 0 Å². The van der Waals surface area contributed by atoms with Crippen LogP contribution in [0.4, 0.5) is 17.1 Å². The number of carbonyl (C=O) groups is 3. The summed E-state index contributed by atoms with van der Waals surface area (Å²) >= 11 is 0. The molecule has 170 valence electrons. The lowest BCUT2D eigenvalue weighted by atomic mass is 10.1. The first-order chi connectivity index (χ1) is 15.6. The fourth-order valence-electron chi connectivity index (χ4n) is 2.86. The van der Waals surface area contributed by atoms with Crippen LogP contribution in [-0.2, 0) is 14.8 Å². The summed E-state index contributed by atoms with van der Waals surface area (Å²) in [6.07, 6.45) is 1.03. The van der Waals surface area contributed by atoms with Crippen molar-refractivity contribution in [2.45, 2.75) is 6.92 Å². The zero-order valence-electron chi connectivity index (χ0n) is 17.8. The van der Waals surface area contributed by atoms with Gasteiger partial charge >= 0.3 is 5.97 Å². The lowest BCUT2D eigenvalue weighted by Gasteiger charge is -2.13. The quantitative estimate of drug-likeness (QED) is 0.360. The van der Waals surface area contributed by atoms with Gasteiger partial charge in [-0.2, -0.15) is 0 Å². The maximum atomic E-state index is 12.7. The van der Waals surface area contributed by atoms with Crippen molar-refractivity contribution in [2.24, 2.45) is 0 Å². The molecule has 0 aliphatic carbocycles. The van der Waals surface area contributed by atoms with Crippen molar-refractivity contribution in [2.75, 3.05) is 21.6 Å². The molecule has 0 spiro atoms. The van der Waals surface area contributed by atoms with E-state index in [-0.39, 0.29) is 11.3 Å². The third-order valence-corrected chi connectivity index (χ3v) is 4.84. The minimum absolute atomic E-state index is 0.241. The Kier molecular flexibility index (Phi) is 7.09. The Morgan fingerprint density at radius 2 is 1.33 bits per heavy atom. The predicted octanol–water partition coefficient (Wildman–Crippen LogP) is 3.49. The smallest absolute Gasteiger partial charge is 0.308 e. The van der Waals surface area contributed by atoms with E-state index in [4.69, 9.17) is 4.74 Å². The Labute approximate surface area is 190 Å². The van der Waals surface area contributed by atoms with Crippen LogP contribution < -0.4 is 20.1 Å². The van der Waals surface area contributed by atoms with E-state index in [9.17, 15) is 22.8 Å². The second-order valence-electron chi connectivity index (χ2n) is 7.03. The molecule has 0 unspecified atom stereocenters. The van der Waals surface area contributed by atoms with Crippen LogP contribution in [0.15, 0.2) is 72.8 Å². The first-order valence-electron chi connectivity index (χ1n) is 9.69. The van der Waals surface area contributed by atoms with Crippen molar-refractivity contribution >= 4 is 44.9 Å². The zero-order chi connectivity index (χ0) is 24.0. The Morgan fingerprint density at radius 1 is 0.758 bits per heavy atom. The van der Waals surface area contributed by atoms with Gasteiger partial charge in [-0.15, -0.1) is 0 Å². The molecule has 3 aromatic carbocycles. The maximum absolute atomic E-state index is 12.7. The number of benzene rings is 3. The topological polar surface area (TPSA) is 131 Å². The standard InChI is InChI=1S/C23H21N3O6S/c1-15(27)32-19-7-5-6-17(14-19)23(29)25-21-9-4-3-8-20(21)24-22(28)16-10-12-18(13-11-16)26-33(2,30)31/h3-14,26H,1-2H3,(H,24,28)(H,25,29). The Bertz CT molecular complexity index is 1300. The normalized spacial score (nSPS) is 10.7. The summed E-state index contributed by atoms with van der Waals surface area (Å²) in [7, 11) is -3.42. The number of carbonyl (C=O) groups excluding carboxylic acids is 3. The van der Waals surface area contributed by atoms with E-state index in [1.165, 1.54) is 37.3 Å². The second-order valence-corrected chi connectivity index (χ2v) is 8.78. The monoisotopic (exact) mass is 467 g/mol. The molecule has 3 aromatic rings. The minimum Gasteiger partial charge on any atom is -0.427 e. The number of rotatable bonds is 7. The van der Waals surface area contributed by atoms with E-state index in [2.05, 4.69) is 15.4 Å². The Balaban J connectivity index is 1.73. The van der Waals surface area contributed by atoms with E-state index >= 15 is 0 Å². The summed E-state index contributed by atoms with van der Waals surface area (Å²) in [6.45, 7) is 1.27. The van der Waals surface area contributed by atoms with Crippen LogP contribution in [-0.4, -0.2) is 32.5 Å². The number of sulfonamides is 1. The Morgan fingerprint density at radius 3 is 1.88 bits per heavy atom. The summed E-state index contributed by atoms with van der Waals surface area (Å²) in [6, 6.07) is 18.7. The third kappa shape index (κ3) is 6.91. The number of hydrogen-bond acceptors (Lipinski definition) is 6. The molecule has 2 amide bonds. The maximum Gasteiger partial charge on any atom is 0.308 e. The van der Waals surface area contributed by atoms with E-state index < -0.39 is 27.8 Å². The summed E-state index contributed by atoms with van der Waals surface area (Å²) in [5.41, 5.74) is 1.63. The predicted molar refractivity (Wildman–Crippen MR) is 125 cm³/mol. The summed E-state index contributed by atoms with van der Waals surface area (Å²) in [4.78, 5) is 36.5. The fraction of sp³-hybridized carbons (Fsp3) is 0.0870. The highest BCUT2D eigenvalue weighted by atomic mass is 32.2. The van der Waals surface area contributed by atoms with Gasteiger partial charge in [-0.05, 0) is 54.6 Å². The summed E-state index contributed by atoms with van der Waals surface area (Å²) in [5.74, 6) is -1.16. The Hall–Kier alpha value is -4.18. The second kappa shape index (κ2) is 9.96. The molecular weight excluding hydrogens is 446 g/mol. The van der Waals surface area contributed by atoms with Gasteiger partial charge in [-0.3, -0.25) is 19.1 Å². The van der Waals surface area contributed by atoms with Crippen LogP contribution in [0, 0.1) is 0 Å². The first kappa shape index (κ1) is 23.5. The molecule has 0 bridgehead atoms. The number of esters is 1. The third-order valence-electron chi connectivity index (χ3n) is 4.23. The van der Waals surface area contributed by atoms with Crippen molar-refractivity contribution in [3.8, 4) is 5.75 Å². The lowest BCUT2D eigenvalue weighted by Crippen LogP contribution is -2.17.